The highest BCUT2D eigenvalue weighted by Crippen LogP contribution is 2.45. The maximum Gasteiger partial charge on any atom is 0.174 e. The zero-order valence-corrected chi connectivity index (χ0v) is 12.4. The molecule has 18 heavy (non-hydrogen) atoms. The van der Waals surface area contributed by atoms with Gasteiger partial charge in [0.25, 0.3) is 0 Å². The Bertz CT molecular complexity index is 627. The predicted octanol–water partition coefficient (Wildman–Crippen LogP) is 4.51. The third-order valence-electron chi connectivity index (χ3n) is 2.81. The third-order valence-corrected chi connectivity index (χ3v) is 4.64. The number of para-hydroxylation sites is 2. The summed E-state index contributed by atoms with van der Waals surface area (Å²) in [4.78, 5) is 14.3. The van der Waals surface area contributed by atoms with E-state index in [1.165, 1.54) is 4.90 Å². The molecule has 0 spiro atoms. The van der Waals surface area contributed by atoms with Gasteiger partial charge in [-0.1, -0.05) is 52.6 Å². The molecule has 1 N–H and O–H groups in total. The highest BCUT2D eigenvalue weighted by molar-refractivity contribution is 14.1. The first-order valence-electron chi connectivity index (χ1n) is 5.55. The molecule has 2 aromatic carbocycles. The van der Waals surface area contributed by atoms with Gasteiger partial charge in [-0.25, -0.2) is 0 Å². The quantitative estimate of drug-likeness (QED) is 0.411. The summed E-state index contributed by atoms with van der Waals surface area (Å²) in [6, 6.07) is 14.0. The molecule has 2 nitrogen and oxygen atoms in total. The number of ketones is 1. The average Bonchev–Trinajstić information content (AvgIpc) is 2.43. The smallest absolute Gasteiger partial charge is 0.174 e. The van der Waals surface area contributed by atoms with Crippen LogP contribution in [0.25, 0.3) is 0 Å². The molecule has 0 bridgehead atoms. The summed E-state index contributed by atoms with van der Waals surface area (Å²) in [6.45, 7) is 0. The van der Waals surface area contributed by atoms with Crippen molar-refractivity contribution in [3.8, 4) is 0 Å². The molecule has 0 radical (unpaired) electrons. The van der Waals surface area contributed by atoms with Gasteiger partial charge in [-0.15, -0.1) is 0 Å². The van der Waals surface area contributed by atoms with Gasteiger partial charge in [-0.3, -0.25) is 4.79 Å². The van der Waals surface area contributed by atoms with E-state index in [2.05, 4.69) is 34.0 Å². The van der Waals surface area contributed by atoms with Gasteiger partial charge in [0, 0.05) is 15.4 Å². The van der Waals surface area contributed by atoms with Crippen LogP contribution in [0.3, 0.4) is 0 Å². The Balaban J connectivity index is 2.10. The molecule has 0 aliphatic carbocycles. The molecular weight excluding hydrogens is 357 g/mol. The van der Waals surface area contributed by atoms with Crippen molar-refractivity contribution in [2.24, 2.45) is 0 Å². The minimum Gasteiger partial charge on any atom is -0.353 e. The van der Waals surface area contributed by atoms with E-state index in [0.717, 1.165) is 21.8 Å². The van der Waals surface area contributed by atoms with E-state index in [1.54, 1.807) is 11.8 Å². The molecule has 0 unspecified atom stereocenters. The third kappa shape index (κ3) is 2.03. The lowest BCUT2D eigenvalue weighted by Gasteiger charge is -2.22. The standard InChI is InChI=1S/C14H10INOS/c15-8-11(17)9-4-3-7-13-14(9)16-10-5-1-2-6-12(10)18-13/h1-7,16H,8H2. The number of anilines is 2. The van der Waals surface area contributed by atoms with Crippen LogP contribution >= 0.6 is 34.4 Å². The van der Waals surface area contributed by atoms with Gasteiger partial charge < -0.3 is 5.32 Å². The van der Waals surface area contributed by atoms with Crippen molar-refractivity contribution >= 4 is 51.5 Å². The van der Waals surface area contributed by atoms with Crippen molar-refractivity contribution in [1.82, 2.24) is 0 Å². The van der Waals surface area contributed by atoms with Gasteiger partial charge in [0.1, 0.15) is 0 Å². The van der Waals surface area contributed by atoms with Crippen LogP contribution in [0.4, 0.5) is 11.4 Å². The number of fused-ring (bicyclic) bond motifs is 2. The molecule has 1 aliphatic rings. The molecule has 0 saturated carbocycles. The zero-order valence-electron chi connectivity index (χ0n) is 9.44. The topological polar surface area (TPSA) is 29.1 Å². The number of carbonyl (C=O) groups is 1. The highest BCUT2D eigenvalue weighted by atomic mass is 127. The Kier molecular flexibility index (Phi) is 3.30. The van der Waals surface area contributed by atoms with Crippen molar-refractivity contribution in [3.63, 3.8) is 0 Å². The highest BCUT2D eigenvalue weighted by Gasteiger charge is 2.20. The minimum atomic E-state index is 0.167. The van der Waals surface area contributed by atoms with Crippen molar-refractivity contribution < 1.29 is 4.79 Å². The van der Waals surface area contributed by atoms with Gasteiger partial charge in [0.05, 0.1) is 15.8 Å². The fourth-order valence-electron chi connectivity index (χ4n) is 1.96. The number of carbonyl (C=O) groups excluding carboxylic acids is 1. The molecule has 2 aromatic rings. The second kappa shape index (κ2) is 4.93. The van der Waals surface area contributed by atoms with Gasteiger partial charge in [0.2, 0.25) is 0 Å². The fraction of sp³-hybridized carbons (Fsp3) is 0.0714. The van der Waals surface area contributed by atoms with E-state index >= 15 is 0 Å². The SMILES string of the molecule is O=C(CI)c1cccc2c1Nc1ccccc1S2. The number of rotatable bonds is 2. The van der Waals surface area contributed by atoms with Gasteiger partial charge in [-0.2, -0.15) is 0 Å². The summed E-state index contributed by atoms with van der Waals surface area (Å²) in [5.41, 5.74) is 2.80. The Morgan fingerprint density at radius 1 is 1.11 bits per heavy atom. The summed E-state index contributed by atoms with van der Waals surface area (Å²) in [5, 5.41) is 3.38. The second-order valence-corrected chi connectivity index (χ2v) is 5.81. The van der Waals surface area contributed by atoms with Gasteiger partial charge >= 0.3 is 0 Å². The van der Waals surface area contributed by atoms with Crippen LogP contribution in [0.2, 0.25) is 0 Å². The molecule has 0 atom stereocenters. The van der Waals surface area contributed by atoms with Crippen LogP contribution in [0.1, 0.15) is 10.4 Å². The number of nitrogens with one attached hydrogen (secondary N) is 1. The van der Waals surface area contributed by atoms with Gasteiger partial charge in [-0.05, 0) is 24.3 Å². The van der Waals surface area contributed by atoms with E-state index < -0.39 is 0 Å². The predicted molar refractivity (Wildman–Crippen MR) is 83.5 cm³/mol. The summed E-state index contributed by atoms with van der Waals surface area (Å²) < 4.78 is 0.502. The second-order valence-electron chi connectivity index (χ2n) is 3.96. The summed E-state index contributed by atoms with van der Waals surface area (Å²) in [6.07, 6.45) is 0. The largest absolute Gasteiger partial charge is 0.353 e. The molecule has 0 aromatic heterocycles. The fourth-order valence-corrected chi connectivity index (χ4v) is 3.39. The Labute approximate surface area is 123 Å². The molecule has 0 fully saturated rings. The summed E-state index contributed by atoms with van der Waals surface area (Å²) in [5.74, 6) is 0.167. The molecular formula is C14H10INOS. The molecule has 1 aliphatic heterocycles. The van der Waals surface area contributed by atoms with E-state index in [0.29, 0.717) is 4.43 Å². The normalized spacial score (nSPS) is 12.3. The lowest BCUT2D eigenvalue weighted by molar-refractivity contribution is 0.102. The van der Waals surface area contributed by atoms with Crippen LogP contribution in [0.5, 0.6) is 0 Å². The van der Waals surface area contributed by atoms with Crippen molar-refractivity contribution in [3.05, 3.63) is 48.0 Å². The molecule has 1 heterocycles. The number of benzene rings is 2. The molecule has 0 amide bonds. The first-order valence-corrected chi connectivity index (χ1v) is 7.90. The van der Waals surface area contributed by atoms with Crippen molar-refractivity contribution in [2.75, 3.05) is 9.74 Å². The lowest BCUT2D eigenvalue weighted by atomic mass is 10.1. The number of hydrogen-bond acceptors (Lipinski definition) is 3. The molecule has 4 heteroatoms. The number of alkyl halides is 1. The lowest BCUT2D eigenvalue weighted by Crippen LogP contribution is -2.08. The van der Waals surface area contributed by atoms with E-state index in [4.69, 9.17) is 0 Å². The first-order chi connectivity index (χ1) is 8.79. The van der Waals surface area contributed by atoms with Crippen LogP contribution in [-0.4, -0.2) is 10.2 Å². The maximum absolute atomic E-state index is 11.9. The molecule has 90 valence electrons. The first kappa shape index (κ1) is 12.0. The van der Waals surface area contributed by atoms with Crippen LogP contribution in [0.15, 0.2) is 52.3 Å². The summed E-state index contributed by atoms with van der Waals surface area (Å²) in [7, 11) is 0. The van der Waals surface area contributed by atoms with Crippen LogP contribution < -0.4 is 5.32 Å². The monoisotopic (exact) mass is 367 g/mol. The Hall–Kier alpha value is -1.01. The van der Waals surface area contributed by atoms with Crippen molar-refractivity contribution in [1.29, 1.82) is 0 Å². The zero-order chi connectivity index (χ0) is 12.5. The average molecular weight is 367 g/mol. The maximum atomic E-state index is 11.9. The number of Topliss-reactive ketones (excluding diaryl/α,β-unsaturated/α-hetero) is 1. The van der Waals surface area contributed by atoms with E-state index in [-0.39, 0.29) is 5.78 Å². The van der Waals surface area contributed by atoms with E-state index in [9.17, 15) is 4.79 Å². The Morgan fingerprint density at radius 2 is 1.89 bits per heavy atom. The minimum absolute atomic E-state index is 0.167. The molecule has 3 rings (SSSR count). The van der Waals surface area contributed by atoms with Crippen LogP contribution in [-0.2, 0) is 0 Å². The van der Waals surface area contributed by atoms with Crippen LogP contribution in [0, 0.1) is 0 Å². The number of halogens is 1. The summed E-state index contributed by atoms with van der Waals surface area (Å²) >= 11 is 3.82. The van der Waals surface area contributed by atoms with E-state index in [1.807, 2.05) is 36.4 Å². The van der Waals surface area contributed by atoms with Gasteiger partial charge in [0.15, 0.2) is 5.78 Å². The molecule has 0 saturated heterocycles. The van der Waals surface area contributed by atoms with Crippen molar-refractivity contribution in [2.45, 2.75) is 9.79 Å². The number of hydrogen-bond donors (Lipinski definition) is 1. The Morgan fingerprint density at radius 3 is 2.72 bits per heavy atom.